The first-order valence-corrected chi connectivity index (χ1v) is 4.36. The highest BCUT2D eigenvalue weighted by molar-refractivity contribution is 5.90. The van der Waals surface area contributed by atoms with Gasteiger partial charge < -0.3 is 20.7 Å². The van der Waals surface area contributed by atoms with E-state index in [0.717, 1.165) is 12.1 Å². The van der Waals surface area contributed by atoms with E-state index in [2.05, 4.69) is 4.98 Å². The van der Waals surface area contributed by atoms with E-state index in [4.69, 9.17) is 20.7 Å². The molecule has 0 saturated carbocycles. The van der Waals surface area contributed by atoms with Crippen LogP contribution in [0.2, 0.25) is 0 Å². The number of hydrogen-bond donors (Lipinski definition) is 3. The number of nitrogens with zero attached hydrogens (tertiary/aromatic N) is 1. The number of carboxylic acids is 2. The van der Waals surface area contributed by atoms with Gasteiger partial charge in [0.25, 0.3) is 0 Å². The van der Waals surface area contributed by atoms with Gasteiger partial charge in [0.2, 0.25) is 0 Å². The van der Waals surface area contributed by atoms with E-state index in [1.165, 1.54) is 0 Å². The topological polar surface area (TPSA) is 123 Å². The average molecular weight is 226 g/mol. The third kappa shape index (κ3) is 2.92. The van der Waals surface area contributed by atoms with Crippen LogP contribution >= 0.6 is 0 Å². The Kier molecular flexibility index (Phi) is 3.78. The molecule has 1 rings (SSSR count). The quantitative estimate of drug-likeness (QED) is 0.636. The maximum Gasteiger partial charge on any atom is 0.354 e. The fourth-order valence-electron chi connectivity index (χ4n) is 0.985. The Morgan fingerprint density at radius 3 is 2.12 bits per heavy atom. The fraction of sp³-hybridized carbons (Fsp3) is 0.222. The number of aromatic carboxylic acids is 2. The smallest absolute Gasteiger partial charge is 0.354 e. The van der Waals surface area contributed by atoms with E-state index in [1.54, 1.807) is 0 Å². The lowest BCUT2D eigenvalue weighted by molar-refractivity contribution is 0.0684. The summed E-state index contributed by atoms with van der Waals surface area (Å²) in [6.45, 7) is 0.412. The minimum absolute atomic E-state index is 0.121. The van der Waals surface area contributed by atoms with E-state index in [0.29, 0.717) is 0 Å². The molecule has 0 unspecified atom stereocenters. The second-order valence-corrected chi connectivity index (χ2v) is 2.82. The molecule has 0 fully saturated rings. The molecule has 0 spiro atoms. The lowest BCUT2D eigenvalue weighted by atomic mass is 10.3. The number of hydrogen-bond acceptors (Lipinski definition) is 5. The highest BCUT2D eigenvalue weighted by atomic mass is 16.5. The Bertz CT molecular complexity index is 386. The third-order valence-corrected chi connectivity index (χ3v) is 1.62. The van der Waals surface area contributed by atoms with Gasteiger partial charge in [-0.15, -0.1) is 0 Å². The van der Waals surface area contributed by atoms with Crippen molar-refractivity contribution in [3.05, 3.63) is 23.5 Å². The van der Waals surface area contributed by atoms with Crippen molar-refractivity contribution in [2.45, 2.75) is 0 Å². The molecule has 0 bridgehead atoms. The first-order chi connectivity index (χ1) is 7.54. The van der Waals surface area contributed by atoms with Crippen LogP contribution in [-0.4, -0.2) is 40.3 Å². The van der Waals surface area contributed by atoms with Crippen LogP contribution in [0.3, 0.4) is 0 Å². The van der Waals surface area contributed by atoms with Gasteiger partial charge in [-0.1, -0.05) is 0 Å². The SMILES string of the molecule is NCCOc1cc(C(=O)O)nc(C(=O)O)c1. The summed E-state index contributed by atoms with van der Waals surface area (Å²) in [5, 5.41) is 17.4. The number of ether oxygens (including phenoxy) is 1. The van der Waals surface area contributed by atoms with Crippen molar-refractivity contribution in [1.29, 1.82) is 0 Å². The van der Waals surface area contributed by atoms with Gasteiger partial charge in [-0.05, 0) is 0 Å². The van der Waals surface area contributed by atoms with Crippen molar-refractivity contribution in [1.82, 2.24) is 4.98 Å². The number of pyridine rings is 1. The van der Waals surface area contributed by atoms with Gasteiger partial charge in [0.05, 0.1) is 0 Å². The van der Waals surface area contributed by atoms with Crippen LogP contribution in [0.4, 0.5) is 0 Å². The van der Waals surface area contributed by atoms with Crippen LogP contribution in [0, 0.1) is 0 Å². The summed E-state index contributed by atoms with van der Waals surface area (Å²) in [7, 11) is 0. The molecule has 0 saturated heterocycles. The van der Waals surface area contributed by atoms with Gasteiger partial charge in [0.15, 0.2) is 11.4 Å². The number of nitrogens with two attached hydrogens (primary N) is 1. The van der Waals surface area contributed by atoms with Crippen molar-refractivity contribution in [3.63, 3.8) is 0 Å². The van der Waals surface area contributed by atoms with Gasteiger partial charge in [-0.25, -0.2) is 14.6 Å². The van der Waals surface area contributed by atoms with Crippen LogP contribution in [0.25, 0.3) is 0 Å². The Labute approximate surface area is 90.5 Å². The molecule has 86 valence electrons. The number of carboxylic acid groups (broad SMARTS) is 2. The molecule has 0 aliphatic heterocycles. The van der Waals surface area contributed by atoms with E-state index in [1.807, 2.05) is 0 Å². The molecule has 1 aromatic rings. The minimum atomic E-state index is -1.32. The molecular formula is C9H10N2O5. The molecule has 0 amide bonds. The summed E-state index contributed by atoms with van der Waals surface area (Å²) in [4.78, 5) is 24.8. The zero-order chi connectivity index (χ0) is 12.1. The van der Waals surface area contributed by atoms with Gasteiger partial charge in [-0.3, -0.25) is 0 Å². The number of rotatable bonds is 5. The fourth-order valence-corrected chi connectivity index (χ4v) is 0.985. The summed E-state index contributed by atoms with van der Waals surface area (Å²) in [6, 6.07) is 2.29. The second kappa shape index (κ2) is 5.08. The Balaban J connectivity index is 3.08. The van der Waals surface area contributed by atoms with Crippen molar-refractivity contribution in [2.24, 2.45) is 5.73 Å². The van der Waals surface area contributed by atoms with Crippen LogP contribution < -0.4 is 10.5 Å². The third-order valence-electron chi connectivity index (χ3n) is 1.62. The van der Waals surface area contributed by atoms with Crippen LogP contribution in [0.15, 0.2) is 12.1 Å². The van der Waals surface area contributed by atoms with Gasteiger partial charge in [0, 0.05) is 18.7 Å². The first-order valence-electron chi connectivity index (χ1n) is 4.36. The lowest BCUT2D eigenvalue weighted by Crippen LogP contribution is -2.13. The molecule has 0 radical (unpaired) electrons. The van der Waals surface area contributed by atoms with Crippen molar-refractivity contribution in [3.8, 4) is 5.75 Å². The molecule has 0 aromatic carbocycles. The van der Waals surface area contributed by atoms with Crippen LogP contribution in [0.5, 0.6) is 5.75 Å². The van der Waals surface area contributed by atoms with Crippen molar-refractivity contribution >= 4 is 11.9 Å². The van der Waals surface area contributed by atoms with Crippen LogP contribution in [0.1, 0.15) is 21.0 Å². The molecule has 7 nitrogen and oxygen atoms in total. The molecule has 1 aromatic heterocycles. The zero-order valence-corrected chi connectivity index (χ0v) is 8.21. The highest BCUT2D eigenvalue weighted by Gasteiger charge is 2.13. The molecule has 4 N–H and O–H groups in total. The highest BCUT2D eigenvalue weighted by Crippen LogP contribution is 2.14. The summed E-state index contributed by atoms with van der Waals surface area (Å²) >= 11 is 0. The number of aromatic nitrogens is 1. The van der Waals surface area contributed by atoms with Gasteiger partial charge in [0.1, 0.15) is 12.4 Å². The van der Waals surface area contributed by atoms with Gasteiger partial charge in [-0.2, -0.15) is 0 Å². The largest absolute Gasteiger partial charge is 0.492 e. The monoisotopic (exact) mass is 226 g/mol. The zero-order valence-electron chi connectivity index (χ0n) is 8.21. The standard InChI is InChI=1S/C9H10N2O5/c10-1-2-16-5-3-6(8(12)13)11-7(4-5)9(14)15/h3-4H,1-2,10H2,(H,12,13)(H,14,15). The summed E-state index contributed by atoms with van der Waals surface area (Å²) in [6.07, 6.45) is 0. The number of carbonyl (C=O) groups is 2. The van der Waals surface area contributed by atoms with E-state index in [-0.39, 0.29) is 30.3 Å². The lowest BCUT2D eigenvalue weighted by Gasteiger charge is -2.06. The molecule has 0 aliphatic rings. The normalized spacial score (nSPS) is 9.81. The maximum absolute atomic E-state index is 10.7. The first kappa shape index (κ1) is 11.9. The van der Waals surface area contributed by atoms with E-state index in [9.17, 15) is 9.59 Å². The van der Waals surface area contributed by atoms with E-state index >= 15 is 0 Å². The average Bonchev–Trinajstić information content (AvgIpc) is 2.25. The Morgan fingerprint density at radius 1 is 1.25 bits per heavy atom. The molecule has 0 atom stereocenters. The van der Waals surface area contributed by atoms with Crippen LogP contribution in [-0.2, 0) is 0 Å². The summed E-state index contributed by atoms with van der Waals surface area (Å²) in [5.74, 6) is -2.52. The minimum Gasteiger partial charge on any atom is -0.492 e. The Hall–Kier alpha value is -2.15. The predicted octanol–water partition coefficient (Wildman–Crippen LogP) is -0.185. The van der Waals surface area contributed by atoms with Gasteiger partial charge >= 0.3 is 11.9 Å². The van der Waals surface area contributed by atoms with E-state index < -0.39 is 11.9 Å². The predicted molar refractivity (Wildman–Crippen MR) is 52.7 cm³/mol. The Morgan fingerprint density at radius 2 is 1.75 bits per heavy atom. The second-order valence-electron chi connectivity index (χ2n) is 2.82. The molecule has 16 heavy (non-hydrogen) atoms. The molecule has 1 heterocycles. The molecule has 0 aliphatic carbocycles. The van der Waals surface area contributed by atoms with Crippen molar-refractivity contribution in [2.75, 3.05) is 13.2 Å². The summed E-state index contributed by atoms with van der Waals surface area (Å²) < 4.78 is 5.05. The molecule has 7 heteroatoms. The van der Waals surface area contributed by atoms with Crippen molar-refractivity contribution < 1.29 is 24.5 Å². The molecular weight excluding hydrogens is 216 g/mol. The summed E-state index contributed by atoms with van der Waals surface area (Å²) in [5.41, 5.74) is 4.43. The maximum atomic E-state index is 10.7.